The molecule has 0 bridgehead atoms. The molecule has 0 saturated carbocycles. The molecule has 0 aromatic heterocycles. The fourth-order valence-corrected chi connectivity index (χ4v) is 1.04. The van der Waals surface area contributed by atoms with Gasteiger partial charge in [-0.2, -0.15) is 5.43 Å². The number of nitrogens with zero attached hydrogens (tertiary/aromatic N) is 1. The Hall–Kier alpha value is -0.980. The van der Waals surface area contributed by atoms with Gasteiger partial charge in [0.25, 0.3) is 5.91 Å². The molecule has 3 N–H and O–H groups in total. The molecular formula is C8H14N2O4+. The molecule has 6 heteroatoms. The number of rotatable bonds is 5. The summed E-state index contributed by atoms with van der Waals surface area (Å²) >= 11 is 0. The normalized spacial score (nSPS) is 22.2. The number of hydrogen-bond acceptors (Lipinski definition) is 4. The van der Waals surface area contributed by atoms with Crippen LogP contribution in [0.2, 0.25) is 0 Å². The second kappa shape index (κ2) is 4.04. The molecule has 1 amide bonds. The van der Waals surface area contributed by atoms with Gasteiger partial charge in [0.15, 0.2) is 25.5 Å². The highest BCUT2D eigenvalue weighted by Crippen LogP contribution is 2.15. The Labute approximate surface area is 81.7 Å². The van der Waals surface area contributed by atoms with E-state index >= 15 is 0 Å². The van der Waals surface area contributed by atoms with E-state index in [4.69, 9.17) is 10.2 Å². The predicted molar refractivity (Wildman–Crippen MR) is 46.4 cm³/mol. The summed E-state index contributed by atoms with van der Waals surface area (Å²) in [7, 11) is 0. The molecule has 0 unspecified atom stereocenters. The van der Waals surface area contributed by atoms with Crippen molar-refractivity contribution in [3.8, 4) is 0 Å². The number of aliphatic hydroxyl groups excluding tert-OH is 2. The summed E-state index contributed by atoms with van der Waals surface area (Å²) in [5, 5.41) is 18.0. The molecule has 0 aliphatic carbocycles. The van der Waals surface area contributed by atoms with Gasteiger partial charge in [-0.3, -0.25) is 4.79 Å². The second-order valence-corrected chi connectivity index (χ2v) is 3.36. The van der Waals surface area contributed by atoms with E-state index in [0.29, 0.717) is 11.1 Å². The van der Waals surface area contributed by atoms with Crippen LogP contribution in [0.3, 0.4) is 0 Å². The van der Waals surface area contributed by atoms with E-state index in [-0.39, 0.29) is 6.29 Å². The van der Waals surface area contributed by atoms with E-state index in [0.717, 1.165) is 13.1 Å². The maximum atomic E-state index is 11.2. The van der Waals surface area contributed by atoms with E-state index in [1.54, 1.807) is 0 Å². The number of quaternary nitrogens is 1. The van der Waals surface area contributed by atoms with Crippen molar-refractivity contribution in [1.29, 1.82) is 0 Å². The summed E-state index contributed by atoms with van der Waals surface area (Å²) in [5.41, 5.74) is 2.50. The summed E-state index contributed by atoms with van der Waals surface area (Å²) in [5.74, 6) is -0.745. The van der Waals surface area contributed by atoms with Gasteiger partial charge in [0, 0.05) is 6.92 Å². The quantitative estimate of drug-likeness (QED) is 0.263. The van der Waals surface area contributed by atoms with Crippen LogP contribution in [0.4, 0.5) is 0 Å². The fraction of sp³-hybridized carbons (Fsp3) is 0.625. The van der Waals surface area contributed by atoms with E-state index in [9.17, 15) is 9.59 Å². The predicted octanol–water partition coefficient (Wildman–Crippen LogP) is -2.40. The lowest BCUT2D eigenvalue weighted by atomic mass is 10.2. The lowest BCUT2D eigenvalue weighted by Crippen LogP contribution is -2.52. The minimum atomic E-state index is -1.70. The van der Waals surface area contributed by atoms with E-state index in [1.807, 2.05) is 0 Å². The van der Waals surface area contributed by atoms with Gasteiger partial charge in [-0.05, 0) is 0 Å². The Kier molecular flexibility index (Phi) is 3.20. The van der Waals surface area contributed by atoms with Gasteiger partial charge in [0.2, 0.25) is 0 Å². The molecule has 1 rings (SSSR count). The Bertz CT molecular complexity index is 239. The highest BCUT2D eigenvalue weighted by atomic mass is 16.3. The van der Waals surface area contributed by atoms with Gasteiger partial charge in [0.1, 0.15) is 12.6 Å². The third-order valence-corrected chi connectivity index (χ3v) is 2.27. The molecular weight excluding hydrogens is 188 g/mol. The highest BCUT2D eigenvalue weighted by molar-refractivity contribution is 5.83. The number of amides is 1. The molecule has 79 valence electrons. The average molecular weight is 202 g/mol. The summed E-state index contributed by atoms with van der Waals surface area (Å²) in [6.45, 7) is 5.65. The molecule has 1 aliphatic heterocycles. The molecule has 0 spiro atoms. The SMILES string of the molecule is [CH2]C[N+]1(NC(=O)[C@H](O)[C@@H](O)C=O)CC1. The topological polar surface area (TPSA) is 86.6 Å². The largest absolute Gasteiger partial charge is 0.382 e. The summed E-state index contributed by atoms with van der Waals surface area (Å²) in [4.78, 5) is 21.3. The molecule has 1 saturated heterocycles. The van der Waals surface area contributed by atoms with Crippen LogP contribution in [-0.4, -0.2) is 58.8 Å². The maximum Gasteiger partial charge on any atom is 0.296 e. The Balaban J connectivity index is 2.45. The zero-order valence-electron chi connectivity index (χ0n) is 7.72. The van der Waals surface area contributed by atoms with E-state index in [1.165, 1.54) is 0 Å². The van der Waals surface area contributed by atoms with Crippen LogP contribution in [0.5, 0.6) is 0 Å². The summed E-state index contributed by atoms with van der Waals surface area (Å²) in [6, 6.07) is 0. The molecule has 14 heavy (non-hydrogen) atoms. The number of aliphatic hydroxyl groups is 2. The monoisotopic (exact) mass is 202 g/mol. The molecule has 0 aromatic rings. The van der Waals surface area contributed by atoms with Crippen molar-refractivity contribution >= 4 is 12.2 Å². The molecule has 0 aromatic carbocycles. The molecule has 2 atom stereocenters. The zero-order chi connectivity index (χ0) is 10.8. The number of carbonyl (C=O) groups excluding carboxylic acids is 2. The van der Waals surface area contributed by atoms with Crippen molar-refractivity contribution in [2.24, 2.45) is 0 Å². The first-order valence-corrected chi connectivity index (χ1v) is 4.33. The first-order chi connectivity index (χ1) is 6.54. The maximum absolute atomic E-state index is 11.2. The fourth-order valence-electron chi connectivity index (χ4n) is 1.04. The van der Waals surface area contributed by atoms with Gasteiger partial charge >= 0.3 is 0 Å². The molecule has 1 aliphatic rings. The van der Waals surface area contributed by atoms with Crippen LogP contribution >= 0.6 is 0 Å². The molecule has 1 heterocycles. The van der Waals surface area contributed by atoms with Gasteiger partial charge in [-0.1, -0.05) is 0 Å². The molecule has 1 radical (unpaired) electrons. The van der Waals surface area contributed by atoms with Crippen molar-refractivity contribution < 1.29 is 24.4 Å². The molecule has 6 nitrogen and oxygen atoms in total. The van der Waals surface area contributed by atoms with Gasteiger partial charge in [0.05, 0.1) is 0 Å². The summed E-state index contributed by atoms with van der Waals surface area (Å²) < 4.78 is 0.307. The van der Waals surface area contributed by atoms with Crippen LogP contribution < -0.4 is 5.43 Å². The van der Waals surface area contributed by atoms with Crippen molar-refractivity contribution in [1.82, 2.24) is 5.43 Å². The average Bonchev–Trinajstić information content (AvgIpc) is 2.96. The number of hydrogen-bond donors (Lipinski definition) is 3. The summed E-state index contributed by atoms with van der Waals surface area (Å²) in [6.07, 6.45) is -3.24. The van der Waals surface area contributed by atoms with Crippen molar-refractivity contribution in [3.63, 3.8) is 0 Å². The van der Waals surface area contributed by atoms with Gasteiger partial charge < -0.3 is 15.0 Å². The van der Waals surface area contributed by atoms with Crippen molar-refractivity contribution in [2.75, 3.05) is 19.6 Å². The lowest BCUT2D eigenvalue weighted by molar-refractivity contribution is -0.832. The highest BCUT2D eigenvalue weighted by Gasteiger charge is 2.44. The second-order valence-electron chi connectivity index (χ2n) is 3.36. The lowest BCUT2D eigenvalue weighted by Gasteiger charge is -2.19. The number of aldehydes is 1. The smallest absolute Gasteiger partial charge is 0.296 e. The minimum Gasteiger partial charge on any atom is -0.382 e. The first kappa shape index (κ1) is 11.1. The van der Waals surface area contributed by atoms with Crippen LogP contribution in [0.25, 0.3) is 0 Å². The standard InChI is InChI=1S/C8H13N2O4/c1-2-10(3-4-10)9-8(14)7(13)6(12)5-11/h5-7,12-13H,1-4H2/p+1/t6-,7+/m0/s1. The number of nitrogens with one attached hydrogen (secondary N) is 1. The van der Waals surface area contributed by atoms with Crippen LogP contribution in [0.15, 0.2) is 0 Å². The van der Waals surface area contributed by atoms with E-state index < -0.39 is 18.1 Å². The van der Waals surface area contributed by atoms with Crippen molar-refractivity contribution in [2.45, 2.75) is 12.2 Å². The third kappa shape index (κ3) is 2.28. The van der Waals surface area contributed by atoms with Gasteiger partial charge in [-0.15, -0.1) is 0 Å². The third-order valence-electron chi connectivity index (χ3n) is 2.27. The Morgan fingerprint density at radius 3 is 2.50 bits per heavy atom. The van der Waals surface area contributed by atoms with Gasteiger partial charge in [-0.25, -0.2) is 4.59 Å². The van der Waals surface area contributed by atoms with Crippen LogP contribution in [0, 0.1) is 6.92 Å². The minimum absolute atomic E-state index is 0.126. The Morgan fingerprint density at radius 2 is 2.14 bits per heavy atom. The number of carbonyl (C=O) groups is 2. The first-order valence-electron chi connectivity index (χ1n) is 4.33. The molecule has 1 fully saturated rings. The van der Waals surface area contributed by atoms with Crippen molar-refractivity contribution in [3.05, 3.63) is 6.92 Å². The van der Waals surface area contributed by atoms with E-state index in [2.05, 4.69) is 12.3 Å². The van der Waals surface area contributed by atoms with Crippen LogP contribution in [0.1, 0.15) is 0 Å². The zero-order valence-corrected chi connectivity index (χ0v) is 7.72. The Morgan fingerprint density at radius 1 is 1.57 bits per heavy atom. The van der Waals surface area contributed by atoms with Crippen LogP contribution in [-0.2, 0) is 9.59 Å².